The highest BCUT2D eigenvalue weighted by Crippen LogP contribution is 2.34. The quantitative estimate of drug-likeness (QED) is 0.465. The Bertz CT molecular complexity index is 1470. The molecule has 1 aliphatic heterocycles. The number of fused-ring (bicyclic) bond motifs is 1. The molecule has 210 valence electrons. The van der Waals surface area contributed by atoms with Crippen LogP contribution in [0.5, 0.6) is 11.5 Å². The van der Waals surface area contributed by atoms with Crippen LogP contribution >= 0.6 is 0 Å². The van der Waals surface area contributed by atoms with Crippen LogP contribution in [0.4, 0.5) is 23.7 Å². The van der Waals surface area contributed by atoms with Gasteiger partial charge in [0.05, 0.1) is 17.4 Å². The summed E-state index contributed by atoms with van der Waals surface area (Å²) >= 11 is 0. The van der Waals surface area contributed by atoms with Gasteiger partial charge >= 0.3 is 12.2 Å². The summed E-state index contributed by atoms with van der Waals surface area (Å²) in [7, 11) is 1.54. The van der Waals surface area contributed by atoms with E-state index in [1.165, 1.54) is 30.4 Å². The molecule has 1 aliphatic rings. The molecule has 3 aromatic rings. The van der Waals surface area contributed by atoms with Crippen molar-refractivity contribution in [3.8, 4) is 23.3 Å². The zero-order chi connectivity index (χ0) is 29.1. The van der Waals surface area contributed by atoms with Gasteiger partial charge in [0.2, 0.25) is 0 Å². The van der Waals surface area contributed by atoms with E-state index >= 15 is 0 Å². The standard InChI is InChI=1S/C28H27F3N4O5/c1-27(2,38)10-5-11-39-21-8-9-24-23(14-21)34(3)25(36)22(17-40-24)33-26(37)35-16-19(15-32-35)12-18-6-4-7-20(13-18)28(29,30)31/h4,6-9,13-16,22,38H,11-12,17H2,1-3H3,(H,33,37). The number of rotatable bonds is 5. The van der Waals surface area contributed by atoms with Crippen molar-refractivity contribution >= 4 is 17.6 Å². The molecule has 1 aromatic heterocycles. The summed E-state index contributed by atoms with van der Waals surface area (Å²) in [6.07, 6.45) is -1.56. The number of alkyl halides is 3. The Morgan fingerprint density at radius 1 is 1.23 bits per heavy atom. The molecule has 0 fully saturated rings. The summed E-state index contributed by atoms with van der Waals surface area (Å²) in [5, 5.41) is 16.2. The number of likely N-dealkylation sites (N-methyl/N-ethyl adjacent to an activating group) is 1. The lowest BCUT2D eigenvalue weighted by Gasteiger charge is -2.20. The highest BCUT2D eigenvalue weighted by atomic mass is 19.4. The van der Waals surface area contributed by atoms with Gasteiger partial charge in [-0.2, -0.15) is 23.0 Å². The molecule has 2 aromatic carbocycles. The Kier molecular flexibility index (Phi) is 8.06. The van der Waals surface area contributed by atoms with Crippen molar-refractivity contribution in [1.29, 1.82) is 0 Å². The first kappa shape index (κ1) is 28.5. The highest BCUT2D eigenvalue weighted by Gasteiger charge is 2.32. The molecule has 1 atom stereocenters. The maximum atomic E-state index is 13.1. The number of nitrogens with zero attached hydrogens (tertiary/aromatic N) is 3. The first-order chi connectivity index (χ1) is 18.8. The number of ether oxygens (including phenoxy) is 2. The van der Waals surface area contributed by atoms with Crippen LogP contribution in [0, 0.1) is 11.8 Å². The molecule has 1 unspecified atom stereocenters. The number of aromatic nitrogens is 2. The third-order valence-electron chi connectivity index (χ3n) is 5.84. The van der Waals surface area contributed by atoms with Crippen molar-refractivity contribution in [3.63, 3.8) is 0 Å². The third kappa shape index (κ3) is 7.12. The molecule has 9 nitrogen and oxygen atoms in total. The molecule has 0 saturated heterocycles. The number of hydrogen-bond acceptors (Lipinski definition) is 6. The second-order valence-electron chi connectivity index (χ2n) is 9.66. The number of nitrogens with one attached hydrogen (secondary N) is 1. The van der Waals surface area contributed by atoms with Gasteiger partial charge in [0.15, 0.2) is 0 Å². The number of aliphatic hydroxyl groups is 1. The molecule has 2 N–H and O–H groups in total. The first-order valence-electron chi connectivity index (χ1n) is 12.2. The van der Waals surface area contributed by atoms with Crippen molar-refractivity contribution in [3.05, 3.63) is 71.5 Å². The van der Waals surface area contributed by atoms with E-state index in [2.05, 4.69) is 22.3 Å². The highest BCUT2D eigenvalue weighted by molar-refractivity contribution is 6.00. The molecular formula is C28H27F3N4O5. The van der Waals surface area contributed by atoms with Gasteiger partial charge in [-0.05, 0) is 43.2 Å². The van der Waals surface area contributed by atoms with Gasteiger partial charge in [0.25, 0.3) is 5.91 Å². The molecule has 12 heteroatoms. The van der Waals surface area contributed by atoms with Gasteiger partial charge in [0.1, 0.15) is 36.4 Å². The minimum absolute atomic E-state index is 0.0274. The minimum Gasteiger partial charge on any atom is -0.489 e. The lowest BCUT2D eigenvalue weighted by molar-refractivity contribution is -0.137. The Hall–Kier alpha value is -4.50. The van der Waals surface area contributed by atoms with Crippen LogP contribution in [0.25, 0.3) is 0 Å². The fourth-order valence-electron chi connectivity index (χ4n) is 3.91. The van der Waals surface area contributed by atoms with Gasteiger partial charge in [-0.1, -0.05) is 30.0 Å². The van der Waals surface area contributed by atoms with Crippen LogP contribution in [0.15, 0.2) is 54.9 Å². The molecule has 0 radical (unpaired) electrons. The van der Waals surface area contributed by atoms with Gasteiger partial charge in [-0.25, -0.2) is 4.79 Å². The molecule has 40 heavy (non-hydrogen) atoms. The van der Waals surface area contributed by atoms with E-state index in [0.717, 1.165) is 16.8 Å². The van der Waals surface area contributed by atoms with Crippen LogP contribution in [0.3, 0.4) is 0 Å². The molecule has 0 spiro atoms. The summed E-state index contributed by atoms with van der Waals surface area (Å²) < 4.78 is 51.4. The third-order valence-corrected chi connectivity index (χ3v) is 5.84. The van der Waals surface area contributed by atoms with E-state index in [0.29, 0.717) is 28.3 Å². The number of carbonyl (C=O) groups is 2. The first-order valence-corrected chi connectivity index (χ1v) is 12.2. The zero-order valence-corrected chi connectivity index (χ0v) is 22.0. The minimum atomic E-state index is -4.46. The second kappa shape index (κ2) is 11.3. The Labute approximate surface area is 228 Å². The SMILES string of the molecule is CN1C(=O)C(NC(=O)n2cc(Cc3cccc(C(F)(F)F)c3)cn2)COc2ccc(OCC#CC(C)(C)O)cc21. The summed E-state index contributed by atoms with van der Waals surface area (Å²) in [5.41, 5.74) is -0.545. The van der Waals surface area contributed by atoms with E-state index in [-0.39, 0.29) is 19.6 Å². The smallest absolute Gasteiger partial charge is 0.416 e. The monoisotopic (exact) mass is 556 g/mol. The van der Waals surface area contributed by atoms with Crippen molar-refractivity contribution in [2.75, 3.05) is 25.2 Å². The number of amides is 2. The lowest BCUT2D eigenvalue weighted by Crippen LogP contribution is -2.50. The van der Waals surface area contributed by atoms with Crippen molar-refractivity contribution in [1.82, 2.24) is 15.1 Å². The van der Waals surface area contributed by atoms with Crippen molar-refractivity contribution in [2.45, 2.75) is 38.1 Å². The molecule has 4 rings (SSSR count). The van der Waals surface area contributed by atoms with E-state index in [1.807, 2.05) is 0 Å². The van der Waals surface area contributed by atoms with Gasteiger partial charge < -0.3 is 24.8 Å². The van der Waals surface area contributed by atoms with E-state index in [9.17, 15) is 27.9 Å². The average molecular weight is 557 g/mol. The number of halogens is 3. The number of benzene rings is 2. The average Bonchev–Trinajstić information content (AvgIpc) is 3.32. The predicted molar refractivity (Wildman–Crippen MR) is 139 cm³/mol. The normalized spacial score (nSPS) is 15.3. The Balaban J connectivity index is 1.40. The van der Waals surface area contributed by atoms with E-state index in [4.69, 9.17) is 9.47 Å². The van der Waals surface area contributed by atoms with Gasteiger partial charge in [-0.15, -0.1) is 0 Å². The van der Waals surface area contributed by atoms with Crippen LogP contribution in [0.2, 0.25) is 0 Å². The fourth-order valence-corrected chi connectivity index (χ4v) is 3.91. The van der Waals surface area contributed by atoms with Crippen molar-refractivity contribution in [2.24, 2.45) is 0 Å². The maximum absolute atomic E-state index is 13.1. The topological polar surface area (TPSA) is 106 Å². The Morgan fingerprint density at radius 3 is 2.73 bits per heavy atom. The maximum Gasteiger partial charge on any atom is 0.416 e. The molecule has 2 heterocycles. The fraction of sp³-hybridized carbons (Fsp3) is 0.321. The predicted octanol–water partition coefficient (Wildman–Crippen LogP) is 3.63. The largest absolute Gasteiger partial charge is 0.489 e. The summed E-state index contributed by atoms with van der Waals surface area (Å²) in [6.45, 7) is 3.00. The second-order valence-corrected chi connectivity index (χ2v) is 9.66. The van der Waals surface area contributed by atoms with Crippen LogP contribution < -0.4 is 19.7 Å². The number of hydrogen-bond donors (Lipinski definition) is 2. The van der Waals surface area contributed by atoms with Crippen LogP contribution in [0.1, 0.15) is 30.5 Å². The summed E-state index contributed by atoms with van der Waals surface area (Å²) in [4.78, 5) is 27.3. The number of carbonyl (C=O) groups excluding carboxylic acids is 2. The molecule has 0 aliphatic carbocycles. The molecule has 0 saturated carbocycles. The summed E-state index contributed by atoms with van der Waals surface area (Å²) in [6, 6.07) is 8.07. The molecular weight excluding hydrogens is 529 g/mol. The number of anilines is 1. The van der Waals surface area contributed by atoms with Crippen LogP contribution in [-0.4, -0.2) is 58.7 Å². The Morgan fingerprint density at radius 2 is 2.00 bits per heavy atom. The van der Waals surface area contributed by atoms with E-state index < -0.39 is 35.3 Å². The summed E-state index contributed by atoms with van der Waals surface area (Å²) in [5.74, 6) is 5.76. The van der Waals surface area contributed by atoms with Crippen LogP contribution in [-0.2, 0) is 17.4 Å². The molecule has 2 amide bonds. The van der Waals surface area contributed by atoms with Gasteiger partial charge in [-0.3, -0.25) is 4.79 Å². The molecule has 0 bridgehead atoms. The van der Waals surface area contributed by atoms with Crippen molar-refractivity contribution < 1.29 is 37.3 Å². The van der Waals surface area contributed by atoms with E-state index in [1.54, 1.807) is 38.1 Å². The van der Waals surface area contributed by atoms with Gasteiger partial charge in [0, 0.05) is 25.7 Å². The lowest BCUT2D eigenvalue weighted by atomic mass is 10.1. The zero-order valence-electron chi connectivity index (χ0n) is 22.0.